The SMILES string of the molecule is CC1NNC2CC3CCCC(NS(=O)(=O)O)(C12)N3S(=O)(=O)c1ccc(Cl)cc1. The molecular weight excluding hydrogens is 428 g/mol. The topological polar surface area (TPSA) is 128 Å². The lowest BCUT2D eigenvalue weighted by atomic mass is 9.70. The largest absolute Gasteiger partial charge is 0.334 e. The highest BCUT2D eigenvalue weighted by Gasteiger charge is 2.63. The monoisotopic (exact) mass is 450 g/mol. The molecule has 3 fully saturated rings. The van der Waals surface area contributed by atoms with E-state index in [1.165, 1.54) is 28.6 Å². The molecule has 0 radical (unpaired) electrons. The Labute approximate surface area is 169 Å². The van der Waals surface area contributed by atoms with Crippen molar-refractivity contribution in [3.05, 3.63) is 29.3 Å². The zero-order chi connectivity index (χ0) is 20.3. The standard InChI is InChI=1S/C16H23ClN4O5S2/c1-10-15-14(19-18-10)9-12-3-2-8-16(15,20-28(24,25)26)21(12)27(22,23)13-6-4-11(17)5-7-13/h4-7,10,12,14-15,18-20H,2-3,8-9H2,1H3,(H,24,25,26). The Morgan fingerprint density at radius 2 is 1.89 bits per heavy atom. The van der Waals surface area contributed by atoms with Gasteiger partial charge in [0, 0.05) is 29.1 Å². The van der Waals surface area contributed by atoms with E-state index < -0.39 is 38.0 Å². The van der Waals surface area contributed by atoms with E-state index in [-0.39, 0.29) is 23.4 Å². The van der Waals surface area contributed by atoms with Crippen LogP contribution in [0, 0.1) is 5.92 Å². The number of sulfonamides is 1. The second-order valence-corrected chi connectivity index (χ2v) is 11.2. The summed E-state index contributed by atoms with van der Waals surface area (Å²) in [5.41, 5.74) is 4.80. The number of halogens is 1. The van der Waals surface area contributed by atoms with Crippen molar-refractivity contribution >= 4 is 31.9 Å². The summed E-state index contributed by atoms with van der Waals surface area (Å²) in [6.45, 7) is 1.87. The van der Waals surface area contributed by atoms with Crippen LogP contribution >= 0.6 is 11.6 Å². The Balaban J connectivity index is 1.89. The molecule has 2 bridgehead atoms. The van der Waals surface area contributed by atoms with Gasteiger partial charge in [0.15, 0.2) is 0 Å². The van der Waals surface area contributed by atoms with Crippen LogP contribution in [0.4, 0.5) is 0 Å². The smallest absolute Gasteiger partial charge is 0.273 e. The number of nitrogens with zero attached hydrogens (tertiary/aromatic N) is 1. The van der Waals surface area contributed by atoms with Crippen molar-refractivity contribution in [2.45, 2.75) is 61.3 Å². The van der Waals surface area contributed by atoms with Crippen molar-refractivity contribution in [2.75, 3.05) is 0 Å². The maximum Gasteiger partial charge on any atom is 0.334 e. The maximum absolute atomic E-state index is 13.6. The first kappa shape index (κ1) is 20.5. The van der Waals surface area contributed by atoms with Gasteiger partial charge in [0.1, 0.15) is 5.66 Å². The van der Waals surface area contributed by atoms with Gasteiger partial charge in [0.05, 0.1) is 4.90 Å². The minimum absolute atomic E-state index is 0.0373. The van der Waals surface area contributed by atoms with Crippen molar-refractivity contribution in [1.29, 1.82) is 0 Å². The molecule has 1 aromatic rings. The second-order valence-electron chi connectivity index (χ2n) is 7.75. The van der Waals surface area contributed by atoms with E-state index in [0.717, 1.165) is 0 Å². The third-order valence-electron chi connectivity index (χ3n) is 6.04. The Hall–Kier alpha value is -0.790. The molecule has 0 saturated carbocycles. The molecule has 3 aliphatic rings. The summed E-state index contributed by atoms with van der Waals surface area (Å²) in [6.07, 6.45) is 2.07. The van der Waals surface area contributed by atoms with E-state index in [9.17, 15) is 21.4 Å². The van der Waals surface area contributed by atoms with Crippen LogP contribution in [-0.2, 0) is 20.3 Å². The molecule has 0 spiro atoms. The lowest BCUT2D eigenvalue weighted by molar-refractivity contribution is -0.0365. The molecule has 4 rings (SSSR count). The van der Waals surface area contributed by atoms with Gasteiger partial charge in [0.2, 0.25) is 10.0 Å². The van der Waals surface area contributed by atoms with Crippen LogP contribution in [0.15, 0.2) is 29.2 Å². The number of piperidine rings is 2. The quantitative estimate of drug-likeness (QED) is 0.501. The minimum atomic E-state index is -4.66. The molecule has 5 atom stereocenters. The fourth-order valence-corrected chi connectivity index (χ4v) is 8.16. The minimum Gasteiger partial charge on any atom is -0.273 e. The molecular formula is C16H23ClN4O5S2. The fraction of sp³-hybridized carbons (Fsp3) is 0.625. The summed E-state index contributed by atoms with van der Waals surface area (Å²) in [4.78, 5) is 0.0373. The normalized spacial score (nSPS) is 36.2. The second kappa shape index (κ2) is 6.88. The maximum atomic E-state index is 13.6. The lowest BCUT2D eigenvalue weighted by Crippen LogP contribution is -2.76. The third kappa shape index (κ3) is 3.27. The van der Waals surface area contributed by atoms with Crippen LogP contribution in [0.1, 0.15) is 32.6 Å². The predicted molar refractivity (Wildman–Crippen MR) is 103 cm³/mol. The molecule has 9 nitrogen and oxygen atoms in total. The molecule has 4 N–H and O–H groups in total. The molecule has 0 aliphatic carbocycles. The van der Waals surface area contributed by atoms with Crippen molar-refractivity contribution in [2.24, 2.45) is 5.92 Å². The highest BCUT2D eigenvalue weighted by atomic mass is 35.5. The average molecular weight is 451 g/mol. The first-order valence-corrected chi connectivity index (χ1v) is 12.4. The van der Waals surface area contributed by atoms with Crippen molar-refractivity contribution < 1.29 is 21.4 Å². The molecule has 1 aromatic carbocycles. The molecule has 3 saturated heterocycles. The van der Waals surface area contributed by atoms with Crippen LogP contribution in [-0.4, -0.2) is 49.5 Å². The molecule has 3 heterocycles. The van der Waals surface area contributed by atoms with Gasteiger partial charge in [-0.1, -0.05) is 11.6 Å². The zero-order valence-electron chi connectivity index (χ0n) is 15.2. The molecule has 28 heavy (non-hydrogen) atoms. The Morgan fingerprint density at radius 1 is 1.21 bits per heavy atom. The number of rotatable bonds is 4. The van der Waals surface area contributed by atoms with E-state index >= 15 is 0 Å². The number of hydrogen-bond acceptors (Lipinski definition) is 6. The number of hydrogen-bond donors (Lipinski definition) is 4. The van der Waals surface area contributed by atoms with Crippen LogP contribution < -0.4 is 15.6 Å². The Bertz CT molecular complexity index is 971. The van der Waals surface area contributed by atoms with Gasteiger partial charge in [-0.05, 0) is 56.9 Å². The highest BCUT2D eigenvalue weighted by molar-refractivity contribution is 7.89. The summed E-state index contributed by atoms with van der Waals surface area (Å²) >= 11 is 5.90. The van der Waals surface area contributed by atoms with Gasteiger partial charge in [-0.25, -0.2) is 8.42 Å². The van der Waals surface area contributed by atoms with E-state index in [2.05, 4.69) is 15.6 Å². The first-order chi connectivity index (χ1) is 13.0. The van der Waals surface area contributed by atoms with E-state index in [4.69, 9.17) is 11.6 Å². The molecule has 0 aromatic heterocycles. The van der Waals surface area contributed by atoms with Crippen LogP contribution in [0.5, 0.6) is 0 Å². The summed E-state index contributed by atoms with van der Waals surface area (Å²) in [7, 11) is -8.71. The van der Waals surface area contributed by atoms with Gasteiger partial charge < -0.3 is 0 Å². The van der Waals surface area contributed by atoms with Crippen molar-refractivity contribution in [1.82, 2.24) is 19.9 Å². The van der Waals surface area contributed by atoms with Gasteiger partial charge in [-0.15, -0.1) is 0 Å². The summed E-state index contributed by atoms with van der Waals surface area (Å²) in [5, 5.41) is 0.404. The van der Waals surface area contributed by atoms with Gasteiger partial charge >= 0.3 is 10.3 Å². The number of benzene rings is 1. The average Bonchev–Trinajstić information content (AvgIpc) is 2.94. The fourth-order valence-electron chi connectivity index (χ4n) is 5.22. The van der Waals surface area contributed by atoms with E-state index in [1.54, 1.807) is 0 Å². The predicted octanol–water partition coefficient (Wildman–Crippen LogP) is 0.857. The Morgan fingerprint density at radius 3 is 2.54 bits per heavy atom. The summed E-state index contributed by atoms with van der Waals surface area (Å²) in [5.74, 6) is -0.395. The van der Waals surface area contributed by atoms with Gasteiger partial charge in [-0.2, -0.15) is 17.4 Å². The molecule has 3 aliphatic heterocycles. The van der Waals surface area contributed by atoms with Crippen LogP contribution in [0.2, 0.25) is 5.02 Å². The molecule has 0 amide bonds. The van der Waals surface area contributed by atoms with E-state index in [0.29, 0.717) is 24.3 Å². The number of hydrazine groups is 1. The zero-order valence-corrected chi connectivity index (χ0v) is 17.6. The highest BCUT2D eigenvalue weighted by Crippen LogP contribution is 2.49. The third-order valence-corrected chi connectivity index (χ3v) is 8.92. The summed E-state index contributed by atoms with van der Waals surface area (Å²) < 4.78 is 64.3. The van der Waals surface area contributed by atoms with E-state index in [1.807, 2.05) is 6.92 Å². The van der Waals surface area contributed by atoms with Crippen LogP contribution in [0.3, 0.4) is 0 Å². The Kier molecular flexibility index (Phi) is 5.03. The van der Waals surface area contributed by atoms with Crippen molar-refractivity contribution in [3.8, 4) is 0 Å². The van der Waals surface area contributed by atoms with Crippen molar-refractivity contribution in [3.63, 3.8) is 0 Å². The van der Waals surface area contributed by atoms with Crippen LogP contribution in [0.25, 0.3) is 0 Å². The lowest BCUT2D eigenvalue weighted by Gasteiger charge is -2.58. The number of fused-ring (bicyclic) bond motifs is 4. The first-order valence-electron chi connectivity index (χ1n) is 9.12. The van der Waals surface area contributed by atoms with Gasteiger partial charge in [-0.3, -0.25) is 15.4 Å². The molecule has 12 heteroatoms. The molecule has 156 valence electrons. The summed E-state index contributed by atoms with van der Waals surface area (Å²) in [6, 6.07) is 5.07. The van der Waals surface area contributed by atoms with Gasteiger partial charge in [0.25, 0.3) is 0 Å². The molecule has 5 unspecified atom stereocenters. The number of nitrogens with one attached hydrogen (secondary N) is 3.